The number of pyridine rings is 1. The zero-order chi connectivity index (χ0) is 23.8. The maximum atomic E-state index is 13.2. The first-order valence-electron chi connectivity index (χ1n) is 11.7. The molecule has 34 heavy (non-hydrogen) atoms. The van der Waals surface area contributed by atoms with Crippen LogP contribution in [0.2, 0.25) is 0 Å². The monoisotopic (exact) mass is 455 g/mol. The van der Waals surface area contributed by atoms with Crippen LogP contribution in [0.1, 0.15) is 35.5 Å². The normalized spacial score (nSPS) is 14.5. The van der Waals surface area contributed by atoms with Crippen LogP contribution in [-0.2, 0) is 4.79 Å². The Balaban J connectivity index is 1.32. The summed E-state index contributed by atoms with van der Waals surface area (Å²) in [4.78, 5) is 29.3. The summed E-state index contributed by atoms with van der Waals surface area (Å²) in [6, 6.07) is 13.9. The summed E-state index contributed by atoms with van der Waals surface area (Å²) in [5.74, 6) is 2.03. The highest BCUT2D eigenvalue weighted by molar-refractivity contribution is 5.92. The van der Waals surface area contributed by atoms with E-state index in [1.807, 2.05) is 57.2 Å². The molecule has 1 aliphatic rings. The number of fused-ring (bicyclic) bond motifs is 1. The lowest BCUT2D eigenvalue weighted by molar-refractivity contribution is -0.120. The molecule has 1 saturated heterocycles. The van der Waals surface area contributed by atoms with Gasteiger partial charge >= 0.3 is 0 Å². The number of nitrogens with zero attached hydrogens (tertiary/aromatic N) is 6. The van der Waals surface area contributed by atoms with Gasteiger partial charge in [-0.1, -0.05) is 18.2 Å². The molecule has 1 aromatic carbocycles. The third-order valence-electron chi connectivity index (χ3n) is 6.33. The van der Waals surface area contributed by atoms with Crippen LogP contribution in [0.25, 0.3) is 16.7 Å². The van der Waals surface area contributed by atoms with Gasteiger partial charge in [-0.2, -0.15) is 9.78 Å². The number of hydrogen-bond donors (Lipinski definition) is 1. The summed E-state index contributed by atoms with van der Waals surface area (Å²) in [6.07, 6.45) is 1.51. The number of anilines is 2. The number of amides is 1. The van der Waals surface area contributed by atoms with E-state index in [2.05, 4.69) is 38.3 Å². The molecule has 1 aliphatic heterocycles. The first-order chi connectivity index (χ1) is 16.4. The van der Waals surface area contributed by atoms with E-state index in [4.69, 9.17) is 4.98 Å². The molecule has 0 spiro atoms. The molecule has 0 aliphatic carbocycles. The lowest BCUT2D eigenvalue weighted by atomic mass is 9.96. The van der Waals surface area contributed by atoms with Crippen LogP contribution in [-0.4, -0.2) is 43.7 Å². The van der Waals surface area contributed by atoms with Crippen molar-refractivity contribution in [3.63, 3.8) is 0 Å². The van der Waals surface area contributed by atoms with Crippen LogP contribution in [0.3, 0.4) is 0 Å². The summed E-state index contributed by atoms with van der Waals surface area (Å²) >= 11 is 0. The molecule has 8 nitrogen and oxygen atoms in total. The van der Waals surface area contributed by atoms with Crippen LogP contribution in [0, 0.1) is 33.6 Å². The van der Waals surface area contributed by atoms with Crippen molar-refractivity contribution in [1.82, 2.24) is 24.7 Å². The fourth-order valence-corrected chi connectivity index (χ4v) is 4.62. The molecule has 0 radical (unpaired) electrons. The fraction of sp³-hybridized carbons (Fsp3) is 0.346. The predicted molar refractivity (Wildman–Crippen MR) is 133 cm³/mol. The minimum Gasteiger partial charge on any atom is -0.341 e. The first-order valence-corrected chi connectivity index (χ1v) is 11.7. The number of piperidine rings is 1. The summed E-state index contributed by atoms with van der Waals surface area (Å²) in [6.45, 7) is 9.46. The van der Waals surface area contributed by atoms with Crippen LogP contribution >= 0.6 is 0 Å². The lowest BCUT2D eigenvalue weighted by Crippen LogP contribution is -2.39. The Morgan fingerprint density at radius 3 is 2.35 bits per heavy atom. The van der Waals surface area contributed by atoms with Crippen LogP contribution in [0.4, 0.5) is 11.8 Å². The van der Waals surface area contributed by atoms with Crippen molar-refractivity contribution >= 4 is 28.6 Å². The third-order valence-corrected chi connectivity index (χ3v) is 6.33. The van der Waals surface area contributed by atoms with Crippen molar-refractivity contribution in [3.05, 3.63) is 65.1 Å². The van der Waals surface area contributed by atoms with Gasteiger partial charge in [-0.05, 0) is 64.3 Å². The first kappa shape index (κ1) is 22.0. The number of aromatic nitrogens is 5. The van der Waals surface area contributed by atoms with E-state index >= 15 is 0 Å². The van der Waals surface area contributed by atoms with Crippen LogP contribution in [0.15, 0.2) is 42.5 Å². The van der Waals surface area contributed by atoms with E-state index in [-0.39, 0.29) is 11.8 Å². The van der Waals surface area contributed by atoms with Crippen molar-refractivity contribution in [2.75, 3.05) is 23.3 Å². The zero-order valence-electron chi connectivity index (χ0n) is 20.0. The average Bonchev–Trinajstić information content (AvgIpc) is 3.18. The smallest absolute Gasteiger partial charge is 0.228 e. The number of carbonyl (C=O) groups excluding carboxylic acids is 1. The van der Waals surface area contributed by atoms with Gasteiger partial charge in [0.05, 0.1) is 11.2 Å². The lowest BCUT2D eigenvalue weighted by Gasteiger charge is -2.31. The molecule has 0 unspecified atom stereocenters. The number of rotatable bonds is 4. The Morgan fingerprint density at radius 2 is 1.62 bits per heavy atom. The molecular weight excluding hydrogens is 426 g/mol. The Bertz CT molecular complexity index is 1350. The topological polar surface area (TPSA) is 88.8 Å². The van der Waals surface area contributed by atoms with Gasteiger partial charge in [0.15, 0.2) is 5.82 Å². The summed E-state index contributed by atoms with van der Waals surface area (Å²) < 4.78 is 1.73. The van der Waals surface area contributed by atoms with Crippen molar-refractivity contribution in [2.45, 2.75) is 40.5 Å². The highest BCUT2D eigenvalue weighted by Crippen LogP contribution is 2.25. The standard InChI is InChI=1S/C26H29N7O/c1-16-13-23(29-22-8-6-5-7-21(16)22)33-24(15-19(4)31-33)30-25(34)20-9-11-32(12-10-20)26-27-17(2)14-18(3)28-26/h5-8,13-15,20H,9-12H2,1-4H3,(H,30,34). The maximum absolute atomic E-state index is 13.2. The molecule has 1 N–H and O–H groups in total. The van der Waals surface area contributed by atoms with E-state index < -0.39 is 0 Å². The molecule has 0 saturated carbocycles. The van der Waals surface area contributed by atoms with Crippen LogP contribution in [0.5, 0.6) is 0 Å². The quantitative estimate of drug-likeness (QED) is 0.494. The predicted octanol–water partition coefficient (Wildman–Crippen LogP) is 4.30. The molecule has 4 heterocycles. The van der Waals surface area contributed by atoms with Gasteiger partial charge in [-0.3, -0.25) is 4.79 Å². The number of para-hydroxylation sites is 1. The van der Waals surface area contributed by atoms with E-state index in [0.717, 1.165) is 65.4 Å². The molecule has 1 amide bonds. The number of hydrogen-bond acceptors (Lipinski definition) is 6. The Morgan fingerprint density at radius 1 is 0.912 bits per heavy atom. The van der Waals surface area contributed by atoms with Gasteiger partial charge in [-0.25, -0.2) is 15.0 Å². The van der Waals surface area contributed by atoms with Crippen LogP contribution < -0.4 is 10.2 Å². The van der Waals surface area contributed by atoms with Gasteiger partial charge in [0.25, 0.3) is 0 Å². The van der Waals surface area contributed by atoms with Gasteiger partial charge in [0.1, 0.15) is 5.82 Å². The second-order valence-corrected chi connectivity index (χ2v) is 9.10. The molecule has 3 aromatic heterocycles. The molecule has 5 rings (SSSR count). The molecule has 174 valence electrons. The largest absolute Gasteiger partial charge is 0.341 e. The second kappa shape index (κ2) is 8.85. The fourth-order valence-electron chi connectivity index (χ4n) is 4.62. The highest BCUT2D eigenvalue weighted by atomic mass is 16.2. The number of benzene rings is 1. The van der Waals surface area contributed by atoms with E-state index in [1.165, 1.54) is 0 Å². The zero-order valence-corrected chi connectivity index (χ0v) is 20.0. The average molecular weight is 456 g/mol. The molecule has 1 fully saturated rings. The molecule has 0 atom stereocenters. The number of carbonyl (C=O) groups is 1. The minimum atomic E-state index is -0.0721. The Labute approximate surface area is 199 Å². The Hall–Kier alpha value is -3.81. The Kier molecular flexibility index (Phi) is 5.73. The van der Waals surface area contributed by atoms with Gasteiger partial charge in [0, 0.05) is 41.8 Å². The summed E-state index contributed by atoms with van der Waals surface area (Å²) in [7, 11) is 0. The van der Waals surface area contributed by atoms with Crippen molar-refractivity contribution in [2.24, 2.45) is 5.92 Å². The molecule has 4 aromatic rings. The van der Waals surface area contributed by atoms with Crippen molar-refractivity contribution in [1.29, 1.82) is 0 Å². The van der Waals surface area contributed by atoms with Gasteiger partial charge in [-0.15, -0.1) is 0 Å². The maximum Gasteiger partial charge on any atom is 0.228 e. The second-order valence-electron chi connectivity index (χ2n) is 9.10. The highest BCUT2D eigenvalue weighted by Gasteiger charge is 2.27. The molecular formula is C26H29N7O. The van der Waals surface area contributed by atoms with E-state index in [9.17, 15) is 4.79 Å². The minimum absolute atomic E-state index is 0.0136. The SMILES string of the molecule is Cc1cc(C)nc(N2CCC(C(=O)Nc3cc(C)nn3-c3cc(C)c4ccccc4n3)CC2)n1. The third kappa shape index (κ3) is 4.35. The summed E-state index contributed by atoms with van der Waals surface area (Å²) in [5, 5.41) is 8.83. The van der Waals surface area contributed by atoms with E-state index in [1.54, 1.807) is 4.68 Å². The molecule has 8 heteroatoms. The molecule has 0 bridgehead atoms. The number of nitrogens with one attached hydrogen (secondary N) is 1. The van der Waals surface area contributed by atoms with E-state index in [0.29, 0.717) is 11.6 Å². The summed E-state index contributed by atoms with van der Waals surface area (Å²) in [5.41, 5.74) is 4.77. The van der Waals surface area contributed by atoms with Gasteiger partial charge < -0.3 is 10.2 Å². The van der Waals surface area contributed by atoms with Crippen molar-refractivity contribution in [3.8, 4) is 5.82 Å². The van der Waals surface area contributed by atoms with Gasteiger partial charge in [0.2, 0.25) is 11.9 Å². The number of aryl methyl sites for hydroxylation is 4. The van der Waals surface area contributed by atoms with Crippen molar-refractivity contribution < 1.29 is 4.79 Å².